The molecule has 1 aromatic rings. The summed E-state index contributed by atoms with van der Waals surface area (Å²) in [6.07, 6.45) is 0.903. The quantitative estimate of drug-likeness (QED) is 0.909. The monoisotopic (exact) mass is 301 g/mol. The Bertz CT molecular complexity index is 407. The van der Waals surface area contributed by atoms with Crippen molar-refractivity contribution in [2.45, 2.75) is 13.3 Å². The lowest BCUT2D eigenvalue weighted by atomic mass is 10.2. The van der Waals surface area contributed by atoms with Crippen LogP contribution in [-0.4, -0.2) is 26.7 Å². The molecule has 1 amide bonds. The number of nitrogens with one attached hydrogen (secondary N) is 1. The molecule has 0 heterocycles. The van der Waals surface area contributed by atoms with Gasteiger partial charge in [0, 0.05) is 12.1 Å². The zero-order valence-electron chi connectivity index (χ0n) is 10.2. The molecular weight excluding hydrogens is 286 g/mol. The Balaban J connectivity index is 3.02. The Labute approximate surface area is 109 Å². The van der Waals surface area contributed by atoms with Crippen LogP contribution in [-0.2, 0) is 0 Å². The van der Waals surface area contributed by atoms with Crippen LogP contribution in [0, 0.1) is 0 Å². The average Bonchev–Trinajstić information content (AvgIpc) is 2.34. The van der Waals surface area contributed by atoms with Crippen LogP contribution in [0.5, 0.6) is 11.5 Å². The highest BCUT2D eigenvalue weighted by Gasteiger charge is 2.14. The summed E-state index contributed by atoms with van der Waals surface area (Å²) in [7, 11) is 3.09. The summed E-state index contributed by atoms with van der Waals surface area (Å²) in [5.74, 6) is 0.997. The van der Waals surface area contributed by atoms with Crippen molar-refractivity contribution < 1.29 is 14.3 Å². The number of halogens is 1. The summed E-state index contributed by atoms with van der Waals surface area (Å²) >= 11 is 3.35. The van der Waals surface area contributed by atoms with Gasteiger partial charge in [-0.25, -0.2) is 0 Å². The highest BCUT2D eigenvalue weighted by Crippen LogP contribution is 2.36. The fraction of sp³-hybridized carbons (Fsp3) is 0.417. The van der Waals surface area contributed by atoms with Crippen LogP contribution in [0.25, 0.3) is 0 Å². The van der Waals surface area contributed by atoms with Gasteiger partial charge in [0.2, 0.25) is 0 Å². The van der Waals surface area contributed by atoms with Gasteiger partial charge in [0.25, 0.3) is 5.91 Å². The smallest absolute Gasteiger partial charge is 0.251 e. The molecule has 1 aromatic carbocycles. The lowest BCUT2D eigenvalue weighted by Crippen LogP contribution is -2.24. The largest absolute Gasteiger partial charge is 0.493 e. The first-order valence-electron chi connectivity index (χ1n) is 5.33. The number of carbonyl (C=O) groups excluding carboxylic acids is 1. The fourth-order valence-electron chi connectivity index (χ4n) is 1.39. The van der Waals surface area contributed by atoms with Crippen molar-refractivity contribution in [1.82, 2.24) is 5.32 Å². The Hall–Kier alpha value is -1.23. The molecule has 0 radical (unpaired) electrons. The number of methoxy groups -OCH3 is 2. The van der Waals surface area contributed by atoms with E-state index in [9.17, 15) is 4.79 Å². The number of hydrogen-bond donors (Lipinski definition) is 1. The molecule has 1 N–H and O–H groups in total. The van der Waals surface area contributed by atoms with Crippen LogP contribution < -0.4 is 14.8 Å². The van der Waals surface area contributed by atoms with Gasteiger partial charge < -0.3 is 14.8 Å². The van der Waals surface area contributed by atoms with E-state index in [1.807, 2.05) is 6.92 Å². The Morgan fingerprint density at radius 1 is 1.35 bits per heavy atom. The predicted molar refractivity (Wildman–Crippen MR) is 69.9 cm³/mol. The van der Waals surface area contributed by atoms with Crippen molar-refractivity contribution in [2.24, 2.45) is 0 Å². The molecule has 0 saturated carbocycles. The molecule has 0 atom stereocenters. The second-order valence-corrected chi connectivity index (χ2v) is 4.30. The molecule has 0 bridgehead atoms. The van der Waals surface area contributed by atoms with Crippen molar-refractivity contribution in [3.63, 3.8) is 0 Å². The summed E-state index contributed by atoms with van der Waals surface area (Å²) in [4.78, 5) is 11.8. The van der Waals surface area contributed by atoms with Gasteiger partial charge in [-0.2, -0.15) is 0 Å². The van der Waals surface area contributed by atoms with Crippen molar-refractivity contribution in [2.75, 3.05) is 20.8 Å². The fourth-order valence-corrected chi connectivity index (χ4v) is 1.99. The molecule has 0 fully saturated rings. The minimum absolute atomic E-state index is 0.117. The summed E-state index contributed by atoms with van der Waals surface area (Å²) in [5, 5.41) is 2.81. The SMILES string of the molecule is CCCNC(=O)c1cc(Br)c(OC)c(OC)c1. The number of carbonyl (C=O) groups is 1. The number of rotatable bonds is 5. The molecule has 1 rings (SSSR count). The van der Waals surface area contributed by atoms with Crippen LogP contribution in [0.15, 0.2) is 16.6 Å². The van der Waals surface area contributed by atoms with Crippen LogP contribution in [0.2, 0.25) is 0 Å². The van der Waals surface area contributed by atoms with E-state index < -0.39 is 0 Å². The molecule has 0 saturated heterocycles. The summed E-state index contributed by atoms with van der Waals surface area (Å²) < 4.78 is 11.1. The van der Waals surface area contributed by atoms with Gasteiger partial charge in [0.05, 0.1) is 18.7 Å². The molecule has 0 aliphatic carbocycles. The van der Waals surface area contributed by atoms with Crippen LogP contribution in [0.1, 0.15) is 23.7 Å². The lowest BCUT2D eigenvalue weighted by molar-refractivity contribution is 0.0953. The summed E-state index contributed by atoms with van der Waals surface area (Å²) in [5.41, 5.74) is 0.544. The topological polar surface area (TPSA) is 47.6 Å². The molecule has 0 spiro atoms. The first-order chi connectivity index (χ1) is 8.13. The van der Waals surface area contributed by atoms with Crippen molar-refractivity contribution in [3.8, 4) is 11.5 Å². The highest BCUT2D eigenvalue weighted by atomic mass is 79.9. The number of ether oxygens (including phenoxy) is 2. The molecule has 0 aromatic heterocycles. The van der Waals surface area contributed by atoms with E-state index in [1.165, 1.54) is 7.11 Å². The van der Waals surface area contributed by atoms with E-state index in [4.69, 9.17) is 9.47 Å². The second-order valence-electron chi connectivity index (χ2n) is 3.45. The van der Waals surface area contributed by atoms with Gasteiger partial charge >= 0.3 is 0 Å². The standard InChI is InChI=1S/C12H16BrNO3/c1-4-5-14-12(15)8-6-9(13)11(17-3)10(7-8)16-2/h6-7H,4-5H2,1-3H3,(H,14,15). The van der Waals surface area contributed by atoms with Gasteiger partial charge in [-0.05, 0) is 34.5 Å². The average molecular weight is 302 g/mol. The van der Waals surface area contributed by atoms with Gasteiger partial charge in [0.15, 0.2) is 11.5 Å². The van der Waals surface area contributed by atoms with E-state index in [-0.39, 0.29) is 5.91 Å². The lowest BCUT2D eigenvalue weighted by Gasteiger charge is -2.11. The molecular formula is C12H16BrNO3. The molecule has 0 aliphatic rings. The number of benzene rings is 1. The van der Waals surface area contributed by atoms with E-state index in [1.54, 1.807) is 19.2 Å². The van der Waals surface area contributed by atoms with Gasteiger partial charge in [-0.1, -0.05) is 6.92 Å². The summed E-state index contributed by atoms with van der Waals surface area (Å²) in [6, 6.07) is 3.38. The van der Waals surface area contributed by atoms with E-state index >= 15 is 0 Å². The summed E-state index contributed by atoms with van der Waals surface area (Å²) in [6.45, 7) is 2.66. The first-order valence-corrected chi connectivity index (χ1v) is 6.13. The highest BCUT2D eigenvalue weighted by molar-refractivity contribution is 9.10. The minimum Gasteiger partial charge on any atom is -0.493 e. The van der Waals surface area contributed by atoms with E-state index in [0.717, 1.165) is 6.42 Å². The van der Waals surface area contributed by atoms with E-state index in [2.05, 4.69) is 21.2 Å². The molecule has 0 unspecified atom stereocenters. The van der Waals surface area contributed by atoms with E-state index in [0.29, 0.717) is 28.1 Å². The van der Waals surface area contributed by atoms with Crippen molar-refractivity contribution in [3.05, 3.63) is 22.2 Å². The molecule has 4 nitrogen and oxygen atoms in total. The maximum Gasteiger partial charge on any atom is 0.251 e. The van der Waals surface area contributed by atoms with Gasteiger partial charge in [0.1, 0.15) is 0 Å². The number of amides is 1. The third-order valence-corrected chi connectivity index (χ3v) is 2.82. The van der Waals surface area contributed by atoms with Crippen molar-refractivity contribution in [1.29, 1.82) is 0 Å². The normalized spacial score (nSPS) is 9.88. The third-order valence-electron chi connectivity index (χ3n) is 2.23. The molecule has 0 aliphatic heterocycles. The van der Waals surface area contributed by atoms with Gasteiger partial charge in [-0.15, -0.1) is 0 Å². The Kier molecular flexibility index (Phi) is 5.28. The molecule has 5 heteroatoms. The Morgan fingerprint density at radius 2 is 2.06 bits per heavy atom. The van der Waals surface area contributed by atoms with Crippen LogP contribution in [0.3, 0.4) is 0 Å². The first kappa shape index (κ1) is 13.8. The molecule has 17 heavy (non-hydrogen) atoms. The maximum atomic E-state index is 11.8. The number of hydrogen-bond acceptors (Lipinski definition) is 3. The molecule has 94 valence electrons. The van der Waals surface area contributed by atoms with Crippen LogP contribution >= 0.6 is 15.9 Å². The van der Waals surface area contributed by atoms with Crippen molar-refractivity contribution >= 4 is 21.8 Å². The minimum atomic E-state index is -0.117. The van der Waals surface area contributed by atoms with Crippen LogP contribution in [0.4, 0.5) is 0 Å². The maximum absolute atomic E-state index is 11.8. The second kappa shape index (κ2) is 6.49. The predicted octanol–water partition coefficient (Wildman–Crippen LogP) is 2.61. The van der Waals surface area contributed by atoms with Gasteiger partial charge in [-0.3, -0.25) is 4.79 Å². The Morgan fingerprint density at radius 3 is 2.59 bits per heavy atom. The third kappa shape index (κ3) is 3.36. The zero-order chi connectivity index (χ0) is 12.8. The zero-order valence-corrected chi connectivity index (χ0v) is 11.8.